The molecule has 0 atom stereocenters. The fraction of sp³-hybridized carbons (Fsp3) is 0.400. The van der Waals surface area contributed by atoms with Crippen LogP contribution in [0.4, 0.5) is 5.69 Å². The molecule has 0 spiro atoms. The zero-order chi connectivity index (χ0) is 9.84. The van der Waals surface area contributed by atoms with Crippen molar-refractivity contribution in [3.8, 4) is 0 Å². The summed E-state index contributed by atoms with van der Waals surface area (Å²) in [7, 11) is 0. The normalized spacial score (nSPS) is 10.8. The van der Waals surface area contributed by atoms with Crippen molar-refractivity contribution in [3.63, 3.8) is 0 Å². The zero-order valence-corrected chi connectivity index (χ0v) is 8.64. The molecule has 2 nitrogen and oxygen atoms in total. The van der Waals surface area contributed by atoms with Crippen LogP contribution in [-0.2, 0) is 11.3 Å². The van der Waals surface area contributed by atoms with Gasteiger partial charge in [-0.1, -0.05) is 17.7 Å². The van der Waals surface area contributed by atoms with E-state index in [1.54, 1.807) is 6.07 Å². The molecule has 0 amide bonds. The lowest BCUT2D eigenvalue weighted by molar-refractivity contribution is 0.0657. The summed E-state index contributed by atoms with van der Waals surface area (Å²) in [4.78, 5) is 0. The Hall–Kier alpha value is -0.730. The summed E-state index contributed by atoms with van der Waals surface area (Å²) in [5.74, 6) is 0. The highest BCUT2D eigenvalue weighted by molar-refractivity contribution is 6.33. The van der Waals surface area contributed by atoms with Gasteiger partial charge in [-0.2, -0.15) is 0 Å². The molecule has 2 N–H and O–H groups in total. The number of hydrogen-bond acceptors (Lipinski definition) is 2. The highest BCUT2D eigenvalue weighted by atomic mass is 35.5. The largest absolute Gasteiger partial charge is 0.398 e. The second kappa shape index (κ2) is 4.49. The first kappa shape index (κ1) is 10.4. The summed E-state index contributed by atoms with van der Waals surface area (Å²) in [5, 5.41) is 0.591. The fourth-order valence-corrected chi connectivity index (χ4v) is 1.06. The summed E-state index contributed by atoms with van der Waals surface area (Å²) in [6.45, 7) is 4.58. The van der Waals surface area contributed by atoms with Crippen LogP contribution >= 0.6 is 11.6 Å². The summed E-state index contributed by atoms with van der Waals surface area (Å²) in [5.41, 5.74) is 7.29. The van der Waals surface area contributed by atoms with Crippen molar-refractivity contribution in [2.45, 2.75) is 26.6 Å². The van der Waals surface area contributed by atoms with E-state index in [9.17, 15) is 0 Å². The van der Waals surface area contributed by atoms with Crippen molar-refractivity contribution >= 4 is 17.3 Å². The first-order valence-electron chi connectivity index (χ1n) is 4.25. The fourth-order valence-electron chi connectivity index (χ4n) is 0.946. The minimum absolute atomic E-state index is 0.233. The van der Waals surface area contributed by atoms with Crippen molar-refractivity contribution < 1.29 is 4.74 Å². The van der Waals surface area contributed by atoms with E-state index >= 15 is 0 Å². The highest BCUT2D eigenvalue weighted by Crippen LogP contribution is 2.19. The zero-order valence-electron chi connectivity index (χ0n) is 7.88. The lowest BCUT2D eigenvalue weighted by atomic mass is 10.2. The summed E-state index contributed by atoms with van der Waals surface area (Å²) >= 11 is 5.78. The van der Waals surface area contributed by atoms with Crippen LogP contribution in [0.1, 0.15) is 19.4 Å². The van der Waals surface area contributed by atoms with Gasteiger partial charge in [0.25, 0.3) is 0 Å². The van der Waals surface area contributed by atoms with Crippen molar-refractivity contribution in [1.82, 2.24) is 0 Å². The standard InChI is InChI=1S/C10H14ClNO/c1-7(2)13-6-8-3-4-9(11)10(12)5-8/h3-5,7H,6,12H2,1-2H3. The van der Waals surface area contributed by atoms with Crippen LogP contribution < -0.4 is 5.73 Å². The molecule has 1 rings (SSSR count). The molecule has 3 heteroatoms. The monoisotopic (exact) mass is 199 g/mol. The number of hydrogen-bond donors (Lipinski definition) is 1. The second-order valence-electron chi connectivity index (χ2n) is 3.22. The van der Waals surface area contributed by atoms with E-state index in [1.807, 2.05) is 26.0 Å². The van der Waals surface area contributed by atoms with Gasteiger partial charge in [0.1, 0.15) is 0 Å². The van der Waals surface area contributed by atoms with Crippen molar-refractivity contribution in [2.24, 2.45) is 0 Å². The number of anilines is 1. The van der Waals surface area contributed by atoms with E-state index in [0.29, 0.717) is 17.3 Å². The maximum atomic E-state index is 5.78. The SMILES string of the molecule is CC(C)OCc1ccc(Cl)c(N)c1. The molecule has 0 aliphatic heterocycles. The Morgan fingerprint density at radius 1 is 1.46 bits per heavy atom. The van der Waals surface area contributed by atoms with Crippen molar-refractivity contribution in [1.29, 1.82) is 0 Å². The van der Waals surface area contributed by atoms with Crippen LogP contribution in [0.3, 0.4) is 0 Å². The summed E-state index contributed by atoms with van der Waals surface area (Å²) < 4.78 is 5.42. The molecule has 13 heavy (non-hydrogen) atoms. The number of halogens is 1. The van der Waals surface area contributed by atoms with E-state index in [2.05, 4.69) is 0 Å². The number of nitrogens with two attached hydrogens (primary N) is 1. The van der Waals surface area contributed by atoms with E-state index in [-0.39, 0.29) is 6.10 Å². The van der Waals surface area contributed by atoms with Gasteiger partial charge in [-0.15, -0.1) is 0 Å². The minimum atomic E-state index is 0.233. The van der Waals surface area contributed by atoms with Gasteiger partial charge in [-0.3, -0.25) is 0 Å². The third-order valence-electron chi connectivity index (χ3n) is 1.64. The molecule has 0 aliphatic carbocycles. The van der Waals surface area contributed by atoms with Gasteiger partial charge in [0.2, 0.25) is 0 Å². The molecular formula is C10H14ClNO. The van der Waals surface area contributed by atoms with Gasteiger partial charge < -0.3 is 10.5 Å². The quantitative estimate of drug-likeness (QED) is 0.760. The molecule has 0 saturated heterocycles. The van der Waals surface area contributed by atoms with Gasteiger partial charge in [-0.25, -0.2) is 0 Å². The van der Waals surface area contributed by atoms with Gasteiger partial charge in [0.05, 0.1) is 23.4 Å². The molecule has 0 fully saturated rings. The van der Waals surface area contributed by atoms with Gasteiger partial charge >= 0.3 is 0 Å². The molecule has 0 bridgehead atoms. The summed E-state index contributed by atoms with van der Waals surface area (Å²) in [6, 6.07) is 5.54. The Labute approximate surface area is 83.6 Å². The van der Waals surface area contributed by atoms with Crippen molar-refractivity contribution in [3.05, 3.63) is 28.8 Å². The predicted octanol–water partition coefficient (Wildman–Crippen LogP) is 2.85. The third kappa shape index (κ3) is 3.25. The van der Waals surface area contributed by atoms with Crippen molar-refractivity contribution in [2.75, 3.05) is 5.73 Å². The lowest BCUT2D eigenvalue weighted by Gasteiger charge is -2.08. The molecule has 0 unspecified atom stereocenters. The van der Waals surface area contributed by atoms with Gasteiger partial charge in [-0.05, 0) is 31.5 Å². The number of rotatable bonds is 3. The summed E-state index contributed by atoms with van der Waals surface area (Å²) in [6.07, 6.45) is 0.233. The molecule has 1 aromatic rings. The Balaban J connectivity index is 2.63. The number of benzene rings is 1. The predicted molar refractivity (Wildman–Crippen MR) is 55.8 cm³/mol. The van der Waals surface area contributed by atoms with Crippen LogP contribution in [-0.4, -0.2) is 6.10 Å². The number of ether oxygens (including phenoxy) is 1. The van der Waals surface area contributed by atoms with E-state index in [4.69, 9.17) is 22.1 Å². The van der Waals surface area contributed by atoms with Crippen LogP contribution in [0.25, 0.3) is 0 Å². The average molecular weight is 200 g/mol. The lowest BCUT2D eigenvalue weighted by Crippen LogP contribution is -2.02. The molecule has 1 aromatic carbocycles. The molecule has 0 saturated carbocycles. The highest BCUT2D eigenvalue weighted by Gasteiger charge is 1.99. The molecular weight excluding hydrogens is 186 g/mol. The minimum Gasteiger partial charge on any atom is -0.398 e. The van der Waals surface area contributed by atoms with Crippen LogP contribution in [0.15, 0.2) is 18.2 Å². The van der Waals surface area contributed by atoms with Crippen LogP contribution in [0.5, 0.6) is 0 Å². The Bertz CT molecular complexity index is 286. The topological polar surface area (TPSA) is 35.2 Å². The Kier molecular flexibility index (Phi) is 3.58. The first-order valence-corrected chi connectivity index (χ1v) is 4.63. The van der Waals surface area contributed by atoms with E-state index in [1.165, 1.54) is 0 Å². The average Bonchev–Trinajstić information content (AvgIpc) is 2.07. The first-order chi connectivity index (χ1) is 6.09. The van der Waals surface area contributed by atoms with Gasteiger partial charge in [0, 0.05) is 0 Å². The molecule has 0 radical (unpaired) electrons. The maximum Gasteiger partial charge on any atom is 0.0721 e. The van der Waals surface area contributed by atoms with E-state index in [0.717, 1.165) is 5.56 Å². The van der Waals surface area contributed by atoms with Gasteiger partial charge in [0.15, 0.2) is 0 Å². The smallest absolute Gasteiger partial charge is 0.0721 e. The Morgan fingerprint density at radius 3 is 2.69 bits per heavy atom. The molecule has 72 valence electrons. The second-order valence-corrected chi connectivity index (χ2v) is 3.62. The Morgan fingerprint density at radius 2 is 2.15 bits per heavy atom. The van der Waals surface area contributed by atoms with Crippen LogP contribution in [0.2, 0.25) is 5.02 Å². The molecule has 0 heterocycles. The number of nitrogen functional groups attached to an aromatic ring is 1. The maximum absolute atomic E-state index is 5.78. The van der Waals surface area contributed by atoms with E-state index < -0.39 is 0 Å². The third-order valence-corrected chi connectivity index (χ3v) is 1.99. The molecule has 0 aliphatic rings. The molecule has 0 aromatic heterocycles. The van der Waals surface area contributed by atoms with Crippen LogP contribution in [0, 0.1) is 0 Å².